The van der Waals surface area contributed by atoms with E-state index in [0.717, 1.165) is 41.5 Å². The smallest absolute Gasteiger partial charge is 0.186 e. The number of nitrogens with one attached hydrogen (secondary N) is 1. The van der Waals surface area contributed by atoms with E-state index in [4.69, 9.17) is 5.26 Å². The molecule has 2 heterocycles. The third-order valence-electron chi connectivity index (χ3n) is 2.89. The fourth-order valence-corrected chi connectivity index (χ4v) is 2.97. The van der Waals surface area contributed by atoms with E-state index in [-0.39, 0.29) is 0 Å². The maximum absolute atomic E-state index is 8.86. The lowest BCUT2D eigenvalue weighted by molar-refractivity contribution is 0.588. The zero-order valence-electron chi connectivity index (χ0n) is 9.31. The first-order valence-electron chi connectivity index (χ1n) is 5.63. The van der Waals surface area contributed by atoms with E-state index in [1.165, 1.54) is 0 Å². The molecule has 4 nitrogen and oxygen atoms in total. The van der Waals surface area contributed by atoms with Crippen molar-refractivity contribution in [1.82, 2.24) is 10.3 Å². The molecule has 0 saturated carbocycles. The monoisotopic (exact) mass is 244 g/mol. The molecule has 17 heavy (non-hydrogen) atoms. The SMILES string of the molecule is N#Cc1ccc2sc(N3CCNCC3)nc2c1. The Hall–Kier alpha value is -1.64. The molecule has 1 aromatic carbocycles. The number of fused-ring (bicyclic) bond motifs is 1. The second-order valence-electron chi connectivity index (χ2n) is 4.03. The van der Waals surface area contributed by atoms with E-state index in [2.05, 4.69) is 21.3 Å². The third-order valence-corrected chi connectivity index (χ3v) is 3.99. The highest BCUT2D eigenvalue weighted by Crippen LogP contribution is 2.29. The lowest BCUT2D eigenvalue weighted by atomic mass is 10.2. The van der Waals surface area contributed by atoms with Gasteiger partial charge in [-0.3, -0.25) is 0 Å². The van der Waals surface area contributed by atoms with Crippen LogP contribution in [0.3, 0.4) is 0 Å². The number of thiazole rings is 1. The lowest BCUT2D eigenvalue weighted by Crippen LogP contribution is -2.43. The van der Waals surface area contributed by atoms with Crippen molar-refractivity contribution in [2.75, 3.05) is 31.1 Å². The Kier molecular flexibility index (Phi) is 2.67. The summed E-state index contributed by atoms with van der Waals surface area (Å²) >= 11 is 1.70. The second-order valence-corrected chi connectivity index (χ2v) is 5.04. The number of anilines is 1. The average Bonchev–Trinajstić information content (AvgIpc) is 2.82. The molecule has 86 valence electrons. The fourth-order valence-electron chi connectivity index (χ4n) is 1.98. The number of piperazine rings is 1. The van der Waals surface area contributed by atoms with Crippen molar-refractivity contribution in [3.63, 3.8) is 0 Å². The van der Waals surface area contributed by atoms with Crippen LogP contribution in [-0.2, 0) is 0 Å². The van der Waals surface area contributed by atoms with Crippen molar-refractivity contribution < 1.29 is 0 Å². The van der Waals surface area contributed by atoms with Crippen LogP contribution in [0.4, 0.5) is 5.13 Å². The summed E-state index contributed by atoms with van der Waals surface area (Å²) in [6.07, 6.45) is 0. The minimum atomic E-state index is 0.676. The molecule has 1 aliphatic rings. The first-order chi connectivity index (χ1) is 8.36. The van der Waals surface area contributed by atoms with Crippen LogP contribution in [0.15, 0.2) is 18.2 Å². The predicted molar refractivity (Wildman–Crippen MR) is 69.4 cm³/mol. The number of benzene rings is 1. The number of nitriles is 1. The number of aromatic nitrogens is 1. The Morgan fingerprint density at radius 2 is 2.18 bits per heavy atom. The van der Waals surface area contributed by atoms with E-state index in [9.17, 15) is 0 Å². The van der Waals surface area contributed by atoms with Gasteiger partial charge in [0.1, 0.15) is 0 Å². The fraction of sp³-hybridized carbons (Fsp3) is 0.333. The van der Waals surface area contributed by atoms with Gasteiger partial charge >= 0.3 is 0 Å². The predicted octanol–water partition coefficient (Wildman–Crippen LogP) is 1.58. The molecule has 3 rings (SSSR count). The molecule has 1 fully saturated rings. The van der Waals surface area contributed by atoms with Gasteiger partial charge in [0, 0.05) is 26.2 Å². The van der Waals surface area contributed by atoms with Gasteiger partial charge < -0.3 is 10.2 Å². The van der Waals surface area contributed by atoms with Crippen LogP contribution in [0, 0.1) is 11.3 Å². The second kappa shape index (κ2) is 4.32. The summed E-state index contributed by atoms with van der Waals surface area (Å²) in [5, 5.41) is 13.3. The summed E-state index contributed by atoms with van der Waals surface area (Å²) < 4.78 is 1.15. The van der Waals surface area contributed by atoms with E-state index in [1.54, 1.807) is 11.3 Å². The van der Waals surface area contributed by atoms with Gasteiger partial charge in [-0.15, -0.1) is 0 Å². The Labute approximate surface area is 103 Å². The molecule has 1 aromatic heterocycles. The van der Waals surface area contributed by atoms with Crippen LogP contribution < -0.4 is 10.2 Å². The van der Waals surface area contributed by atoms with Crippen molar-refractivity contribution in [3.05, 3.63) is 23.8 Å². The van der Waals surface area contributed by atoms with E-state index >= 15 is 0 Å². The average molecular weight is 244 g/mol. The lowest BCUT2D eigenvalue weighted by Gasteiger charge is -2.26. The topological polar surface area (TPSA) is 52.0 Å². The molecule has 5 heteroatoms. The summed E-state index contributed by atoms with van der Waals surface area (Å²) in [4.78, 5) is 6.91. The van der Waals surface area contributed by atoms with Crippen LogP contribution in [0.25, 0.3) is 10.2 Å². The van der Waals surface area contributed by atoms with Gasteiger partial charge in [0.15, 0.2) is 5.13 Å². The molecule has 2 aromatic rings. The van der Waals surface area contributed by atoms with Gasteiger partial charge in [0.05, 0.1) is 21.8 Å². The van der Waals surface area contributed by atoms with Gasteiger partial charge in [-0.05, 0) is 18.2 Å². The molecule has 0 radical (unpaired) electrons. The maximum atomic E-state index is 8.86. The Bertz CT molecular complexity index is 578. The van der Waals surface area contributed by atoms with Gasteiger partial charge in [-0.1, -0.05) is 11.3 Å². The number of nitrogens with zero attached hydrogens (tertiary/aromatic N) is 3. The molecule has 0 bridgehead atoms. The van der Waals surface area contributed by atoms with E-state index in [1.807, 2.05) is 18.2 Å². The van der Waals surface area contributed by atoms with E-state index < -0.39 is 0 Å². The first-order valence-corrected chi connectivity index (χ1v) is 6.45. The van der Waals surface area contributed by atoms with Crippen LogP contribution >= 0.6 is 11.3 Å². The quantitative estimate of drug-likeness (QED) is 0.827. The molecule has 0 atom stereocenters. The Balaban J connectivity index is 1.98. The van der Waals surface area contributed by atoms with E-state index in [0.29, 0.717) is 5.56 Å². The summed E-state index contributed by atoms with van der Waals surface area (Å²) in [5.41, 5.74) is 1.61. The third kappa shape index (κ3) is 1.97. The van der Waals surface area contributed by atoms with Gasteiger partial charge in [-0.2, -0.15) is 5.26 Å². The first kappa shape index (κ1) is 10.5. The van der Waals surface area contributed by atoms with Gasteiger partial charge in [0.2, 0.25) is 0 Å². The standard InChI is InChI=1S/C12H12N4S/c13-8-9-1-2-11-10(7-9)15-12(17-11)16-5-3-14-4-6-16/h1-2,7,14H,3-6H2. The summed E-state index contributed by atoms with van der Waals surface area (Å²) in [5.74, 6) is 0. The summed E-state index contributed by atoms with van der Waals surface area (Å²) in [6.45, 7) is 4.04. The normalized spacial score (nSPS) is 16.1. The highest BCUT2D eigenvalue weighted by atomic mass is 32.1. The number of hydrogen-bond acceptors (Lipinski definition) is 5. The molecule has 1 aliphatic heterocycles. The molecule has 0 aliphatic carbocycles. The Morgan fingerprint density at radius 1 is 1.35 bits per heavy atom. The zero-order chi connectivity index (χ0) is 11.7. The van der Waals surface area contributed by atoms with Crippen molar-refractivity contribution in [2.24, 2.45) is 0 Å². The summed E-state index contributed by atoms with van der Waals surface area (Å²) in [7, 11) is 0. The molecular weight excluding hydrogens is 232 g/mol. The molecule has 0 unspecified atom stereocenters. The van der Waals surface area contributed by atoms with Crippen molar-refractivity contribution in [2.45, 2.75) is 0 Å². The number of hydrogen-bond donors (Lipinski definition) is 1. The van der Waals surface area contributed by atoms with Crippen LogP contribution in [0.5, 0.6) is 0 Å². The minimum Gasteiger partial charge on any atom is -0.346 e. The highest BCUT2D eigenvalue weighted by molar-refractivity contribution is 7.22. The molecular formula is C12H12N4S. The van der Waals surface area contributed by atoms with Gasteiger partial charge in [0.25, 0.3) is 0 Å². The number of rotatable bonds is 1. The van der Waals surface area contributed by atoms with Crippen LogP contribution in [0.2, 0.25) is 0 Å². The summed E-state index contributed by atoms with van der Waals surface area (Å²) in [6, 6.07) is 7.84. The van der Waals surface area contributed by atoms with Crippen molar-refractivity contribution in [3.8, 4) is 6.07 Å². The highest BCUT2D eigenvalue weighted by Gasteiger charge is 2.14. The zero-order valence-corrected chi connectivity index (χ0v) is 10.1. The van der Waals surface area contributed by atoms with Crippen molar-refractivity contribution in [1.29, 1.82) is 5.26 Å². The molecule has 0 amide bonds. The van der Waals surface area contributed by atoms with Crippen LogP contribution in [-0.4, -0.2) is 31.2 Å². The maximum Gasteiger partial charge on any atom is 0.186 e. The molecule has 1 saturated heterocycles. The van der Waals surface area contributed by atoms with Crippen LogP contribution in [0.1, 0.15) is 5.56 Å². The van der Waals surface area contributed by atoms with Gasteiger partial charge in [-0.25, -0.2) is 4.98 Å². The Morgan fingerprint density at radius 3 is 2.94 bits per heavy atom. The molecule has 0 spiro atoms. The molecule has 1 N–H and O–H groups in total. The van der Waals surface area contributed by atoms with Crippen molar-refractivity contribution >= 4 is 26.7 Å². The largest absolute Gasteiger partial charge is 0.346 e. The minimum absolute atomic E-state index is 0.676.